The SMILES string of the molecule is CC(N(C)C(=O)c1cccc(F)n1)C(C)(C)C. The van der Waals surface area contributed by atoms with E-state index in [1.54, 1.807) is 11.9 Å². The van der Waals surface area contributed by atoms with E-state index in [-0.39, 0.29) is 23.1 Å². The molecule has 3 nitrogen and oxygen atoms in total. The first kappa shape index (κ1) is 13.6. The fourth-order valence-electron chi connectivity index (χ4n) is 1.46. The second-order valence-electron chi connectivity index (χ2n) is 5.30. The van der Waals surface area contributed by atoms with Crippen LogP contribution in [0.3, 0.4) is 0 Å². The Morgan fingerprint density at radius 1 is 1.41 bits per heavy atom. The van der Waals surface area contributed by atoms with Crippen molar-refractivity contribution < 1.29 is 9.18 Å². The number of aromatic nitrogens is 1. The number of nitrogens with zero attached hydrogens (tertiary/aromatic N) is 2. The predicted octanol–water partition coefficient (Wildman–Crippen LogP) is 2.73. The lowest BCUT2D eigenvalue weighted by Gasteiger charge is -2.35. The van der Waals surface area contributed by atoms with Crippen molar-refractivity contribution in [2.24, 2.45) is 5.41 Å². The second-order valence-corrected chi connectivity index (χ2v) is 5.30. The van der Waals surface area contributed by atoms with E-state index in [1.807, 2.05) is 6.92 Å². The molecule has 1 heterocycles. The Bertz CT molecular complexity index is 412. The highest BCUT2D eigenvalue weighted by atomic mass is 19.1. The minimum absolute atomic E-state index is 0.0300. The maximum absolute atomic E-state index is 12.9. The Morgan fingerprint density at radius 2 is 2.00 bits per heavy atom. The lowest BCUT2D eigenvalue weighted by molar-refractivity contribution is 0.0622. The number of hydrogen-bond donors (Lipinski definition) is 0. The van der Waals surface area contributed by atoms with E-state index in [0.29, 0.717) is 0 Å². The number of amides is 1. The number of carbonyl (C=O) groups is 1. The molecular formula is C13H19FN2O. The Balaban J connectivity index is 2.91. The van der Waals surface area contributed by atoms with Crippen LogP contribution >= 0.6 is 0 Å². The van der Waals surface area contributed by atoms with Crippen LogP contribution in [0.5, 0.6) is 0 Å². The summed E-state index contributed by atoms with van der Waals surface area (Å²) in [5.41, 5.74) is 0.112. The molecule has 4 heteroatoms. The largest absolute Gasteiger partial charge is 0.337 e. The fraction of sp³-hybridized carbons (Fsp3) is 0.538. The molecule has 1 unspecified atom stereocenters. The van der Waals surface area contributed by atoms with Crippen LogP contribution in [0.15, 0.2) is 18.2 Å². The van der Waals surface area contributed by atoms with Gasteiger partial charge in [-0.3, -0.25) is 4.79 Å². The average Bonchev–Trinajstić information content (AvgIpc) is 2.25. The molecule has 0 N–H and O–H groups in total. The summed E-state index contributed by atoms with van der Waals surface area (Å²) in [6.45, 7) is 8.14. The van der Waals surface area contributed by atoms with Crippen LogP contribution in [-0.4, -0.2) is 28.9 Å². The zero-order valence-corrected chi connectivity index (χ0v) is 11.0. The fourth-order valence-corrected chi connectivity index (χ4v) is 1.46. The zero-order valence-electron chi connectivity index (χ0n) is 11.0. The molecule has 1 aromatic heterocycles. The van der Waals surface area contributed by atoms with E-state index in [0.717, 1.165) is 0 Å². The highest BCUT2D eigenvalue weighted by Gasteiger charge is 2.28. The third kappa shape index (κ3) is 3.25. The highest BCUT2D eigenvalue weighted by Crippen LogP contribution is 2.23. The summed E-state index contributed by atoms with van der Waals surface area (Å²) in [5, 5.41) is 0. The maximum atomic E-state index is 12.9. The van der Waals surface area contributed by atoms with Gasteiger partial charge in [-0.1, -0.05) is 26.8 Å². The molecule has 1 amide bonds. The lowest BCUT2D eigenvalue weighted by atomic mass is 9.87. The topological polar surface area (TPSA) is 33.2 Å². The molecule has 0 spiro atoms. The maximum Gasteiger partial charge on any atom is 0.272 e. The number of hydrogen-bond acceptors (Lipinski definition) is 2. The van der Waals surface area contributed by atoms with Crippen LogP contribution in [0.4, 0.5) is 4.39 Å². The van der Waals surface area contributed by atoms with Gasteiger partial charge in [0.25, 0.3) is 5.91 Å². The molecule has 0 bridgehead atoms. The summed E-state index contributed by atoms with van der Waals surface area (Å²) in [4.78, 5) is 17.3. The molecule has 0 aliphatic carbocycles. The van der Waals surface area contributed by atoms with E-state index in [4.69, 9.17) is 0 Å². The molecule has 94 valence electrons. The molecule has 0 saturated heterocycles. The van der Waals surface area contributed by atoms with Crippen molar-refractivity contribution in [3.05, 3.63) is 29.8 Å². The average molecular weight is 238 g/mol. The van der Waals surface area contributed by atoms with Gasteiger partial charge in [0.1, 0.15) is 5.69 Å². The van der Waals surface area contributed by atoms with E-state index in [9.17, 15) is 9.18 Å². The number of rotatable bonds is 2. The highest BCUT2D eigenvalue weighted by molar-refractivity contribution is 5.92. The standard InChI is InChI=1S/C13H19FN2O/c1-9(13(2,3)4)16(5)12(17)10-7-6-8-11(14)15-10/h6-9H,1-5H3. The number of halogens is 1. The van der Waals surface area contributed by atoms with Gasteiger partial charge in [0.15, 0.2) is 0 Å². The van der Waals surface area contributed by atoms with E-state index in [2.05, 4.69) is 25.8 Å². The predicted molar refractivity (Wildman–Crippen MR) is 65.2 cm³/mol. The summed E-state index contributed by atoms with van der Waals surface area (Å²) in [6, 6.07) is 4.28. The van der Waals surface area contributed by atoms with Crippen LogP contribution in [0.25, 0.3) is 0 Å². The molecule has 0 radical (unpaired) electrons. The molecule has 17 heavy (non-hydrogen) atoms. The Hall–Kier alpha value is -1.45. The van der Waals surface area contributed by atoms with Crippen molar-refractivity contribution in [2.45, 2.75) is 33.7 Å². The summed E-state index contributed by atoms with van der Waals surface area (Å²) in [7, 11) is 1.71. The molecule has 0 aliphatic heterocycles. The van der Waals surface area contributed by atoms with Crippen molar-refractivity contribution in [1.29, 1.82) is 0 Å². The summed E-state index contributed by atoms with van der Waals surface area (Å²) in [5.74, 6) is -0.889. The van der Waals surface area contributed by atoms with Gasteiger partial charge < -0.3 is 4.90 Å². The van der Waals surface area contributed by atoms with Crippen LogP contribution in [0.2, 0.25) is 0 Å². The minimum Gasteiger partial charge on any atom is -0.337 e. The van der Waals surface area contributed by atoms with Gasteiger partial charge in [0, 0.05) is 13.1 Å². The molecule has 0 aliphatic rings. The smallest absolute Gasteiger partial charge is 0.272 e. The van der Waals surface area contributed by atoms with Gasteiger partial charge in [0.05, 0.1) is 0 Å². The number of pyridine rings is 1. The van der Waals surface area contributed by atoms with E-state index >= 15 is 0 Å². The zero-order chi connectivity index (χ0) is 13.2. The first-order valence-corrected chi connectivity index (χ1v) is 5.63. The molecule has 1 rings (SSSR count). The van der Waals surface area contributed by atoms with Gasteiger partial charge in [-0.25, -0.2) is 4.98 Å². The number of carbonyl (C=O) groups excluding carboxylic acids is 1. The molecule has 0 aromatic carbocycles. The van der Waals surface area contributed by atoms with Crippen LogP contribution < -0.4 is 0 Å². The monoisotopic (exact) mass is 238 g/mol. The van der Waals surface area contributed by atoms with E-state index in [1.165, 1.54) is 18.2 Å². The summed E-state index contributed by atoms with van der Waals surface area (Å²) in [6.07, 6.45) is 0. The summed E-state index contributed by atoms with van der Waals surface area (Å²) < 4.78 is 12.9. The van der Waals surface area contributed by atoms with Crippen molar-refractivity contribution in [2.75, 3.05) is 7.05 Å². The molecule has 1 aromatic rings. The lowest BCUT2D eigenvalue weighted by Crippen LogP contribution is -2.43. The van der Waals surface area contributed by atoms with Gasteiger partial charge in [0.2, 0.25) is 5.95 Å². The van der Waals surface area contributed by atoms with Crippen molar-refractivity contribution in [3.63, 3.8) is 0 Å². The Morgan fingerprint density at radius 3 is 2.47 bits per heavy atom. The minimum atomic E-state index is -0.632. The molecular weight excluding hydrogens is 219 g/mol. The molecule has 0 fully saturated rings. The normalized spacial score (nSPS) is 13.3. The van der Waals surface area contributed by atoms with Crippen LogP contribution in [0, 0.1) is 11.4 Å². The van der Waals surface area contributed by atoms with Gasteiger partial charge in [-0.2, -0.15) is 4.39 Å². The Labute approximate surface area is 102 Å². The van der Waals surface area contributed by atoms with Crippen molar-refractivity contribution in [1.82, 2.24) is 9.88 Å². The van der Waals surface area contributed by atoms with Gasteiger partial charge >= 0.3 is 0 Å². The first-order chi connectivity index (χ1) is 7.73. The van der Waals surface area contributed by atoms with Crippen molar-refractivity contribution in [3.8, 4) is 0 Å². The van der Waals surface area contributed by atoms with Gasteiger partial charge in [-0.05, 0) is 24.5 Å². The van der Waals surface area contributed by atoms with Gasteiger partial charge in [-0.15, -0.1) is 0 Å². The third-order valence-corrected chi connectivity index (χ3v) is 3.09. The summed E-state index contributed by atoms with van der Waals surface area (Å²) >= 11 is 0. The molecule has 0 saturated carbocycles. The van der Waals surface area contributed by atoms with Crippen molar-refractivity contribution >= 4 is 5.91 Å². The van der Waals surface area contributed by atoms with Crippen LogP contribution in [-0.2, 0) is 0 Å². The molecule has 1 atom stereocenters. The Kier molecular flexibility index (Phi) is 3.86. The third-order valence-electron chi connectivity index (χ3n) is 3.09. The quantitative estimate of drug-likeness (QED) is 0.742. The second kappa shape index (κ2) is 4.82. The van der Waals surface area contributed by atoms with E-state index < -0.39 is 5.95 Å². The first-order valence-electron chi connectivity index (χ1n) is 5.63. The van der Waals surface area contributed by atoms with Crippen LogP contribution in [0.1, 0.15) is 38.2 Å².